The number of benzene rings is 1. The molecule has 0 aliphatic heterocycles. The van der Waals surface area contributed by atoms with Crippen LogP contribution in [0.1, 0.15) is 23.2 Å². The van der Waals surface area contributed by atoms with Crippen molar-refractivity contribution in [1.29, 1.82) is 0 Å². The second-order valence-corrected chi connectivity index (χ2v) is 3.50. The number of aldehydes is 1. The standard InChI is InChI=1S/C11H9FO3/c12-9-5-7(6-13)1-4-10(9)15-11(14)8-2-3-8/h1,4-6,8H,2-3H2. The molecule has 1 aliphatic rings. The van der Waals surface area contributed by atoms with Crippen molar-refractivity contribution in [3.63, 3.8) is 0 Å². The van der Waals surface area contributed by atoms with Crippen molar-refractivity contribution in [2.45, 2.75) is 12.8 Å². The van der Waals surface area contributed by atoms with E-state index in [1.165, 1.54) is 12.1 Å². The minimum Gasteiger partial charge on any atom is -0.423 e. The summed E-state index contributed by atoms with van der Waals surface area (Å²) in [6.07, 6.45) is 2.16. The van der Waals surface area contributed by atoms with E-state index in [4.69, 9.17) is 4.74 Å². The second kappa shape index (κ2) is 3.81. The summed E-state index contributed by atoms with van der Waals surface area (Å²) in [7, 11) is 0. The van der Waals surface area contributed by atoms with Crippen molar-refractivity contribution in [1.82, 2.24) is 0 Å². The van der Waals surface area contributed by atoms with Crippen LogP contribution in [0, 0.1) is 11.7 Å². The van der Waals surface area contributed by atoms with Crippen LogP contribution in [0.5, 0.6) is 5.75 Å². The summed E-state index contributed by atoms with van der Waals surface area (Å²) < 4.78 is 18.1. The van der Waals surface area contributed by atoms with Gasteiger partial charge >= 0.3 is 5.97 Å². The monoisotopic (exact) mass is 208 g/mol. The van der Waals surface area contributed by atoms with Gasteiger partial charge in [-0.25, -0.2) is 4.39 Å². The van der Waals surface area contributed by atoms with E-state index in [1.807, 2.05) is 0 Å². The lowest BCUT2D eigenvalue weighted by Gasteiger charge is -2.04. The zero-order valence-electron chi connectivity index (χ0n) is 7.90. The van der Waals surface area contributed by atoms with Crippen LogP contribution in [0.4, 0.5) is 4.39 Å². The van der Waals surface area contributed by atoms with E-state index < -0.39 is 11.8 Å². The molecule has 2 rings (SSSR count). The molecule has 0 atom stereocenters. The number of rotatable bonds is 3. The van der Waals surface area contributed by atoms with E-state index >= 15 is 0 Å². The van der Waals surface area contributed by atoms with Gasteiger partial charge in [0.25, 0.3) is 0 Å². The van der Waals surface area contributed by atoms with Gasteiger partial charge in [0.1, 0.15) is 6.29 Å². The van der Waals surface area contributed by atoms with Crippen LogP contribution in [-0.2, 0) is 4.79 Å². The van der Waals surface area contributed by atoms with E-state index in [-0.39, 0.29) is 17.2 Å². The molecule has 1 aromatic rings. The number of hydrogen-bond acceptors (Lipinski definition) is 3. The van der Waals surface area contributed by atoms with Crippen LogP contribution < -0.4 is 4.74 Å². The molecule has 0 aromatic heterocycles. The van der Waals surface area contributed by atoms with Gasteiger partial charge in [-0.1, -0.05) is 0 Å². The van der Waals surface area contributed by atoms with Gasteiger partial charge in [-0.15, -0.1) is 0 Å². The lowest BCUT2D eigenvalue weighted by Crippen LogP contribution is -2.10. The summed E-state index contributed by atoms with van der Waals surface area (Å²) in [5, 5.41) is 0. The topological polar surface area (TPSA) is 43.4 Å². The highest BCUT2D eigenvalue weighted by atomic mass is 19.1. The highest BCUT2D eigenvalue weighted by Gasteiger charge is 2.32. The molecular weight excluding hydrogens is 199 g/mol. The maximum atomic E-state index is 13.2. The largest absolute Gasteiger partial charge is 0.423 e. The maximum absolute atomic E-state index is 13.2. The smallest absolute Gasteiger partial charge is 0.314 e. The van der Waals surface area contributed by atoms with Crippen molar-refractivity contribution in [3.05, 3.63) is 29.6 Å². The molecule has 78 valence electrons. The van der Waals surface area contributed by atoms with Crippen LogP contribution in [0.25, 0.3) is 0 Å². The average molecular weight is 208 g/mol. The van der Waals surface area contributed by atoms with Gasteiger partial charge in [0.2, 0.25) is 0 Å². The lowest BCUT2D eigenvalue weighted by atomic mass is 10.2. The van der Waals surface area contributed by atoms with Gasteiger partial charge in [0.05, 0.1) is 5.92 Å². The highest BCUT2D eigenvalue weighted by Crippen LogP contribution is 2.31. The molecule has 0 N–H and O–H groups in total. The predicted molar refractivity (Wildman–Crippen MR) is 50.1 cm³/mol. The molecule has 0 saturated heterocycles. The SMILES string of the molecule is O=Cc1ccc(OC(=O)C2CC2)c(F)c1. The molecule has 1 fully saturated rings. The number of hydrogen-bond donors (Lipinski definition) is 0. The van der Waals surface area contributed by atoms with Gasteiger partial charge in [0, 0.05) is 5.56 Å². The van der Waals surface area contributed by atoms with Crippen LogP contribution >= 0.6 is 0 Å². The lowest BCUT2D eigenvalue weighted by molar-refractivity contribution is -0.136. The third-order valence-corrected chi connectivity index (χ3v) is 2.21. The number of halogens is 1. The quantitative estimate of drug-likeness (QED) is 0.433. The molecule has 1 aliphatic carbocycles. The molecular formula is C11H9FO3. The third-order valence-electron chi connectivity index (χ3n) is 2.21. The molecule has 3 nitrogen and oxygen atoms in total. The fourth-order valence-electron chi connectivity index (χ4n) is 1.18. The van der Waals surface area contributed by atoms with Gasteiger partial charge in [-0.2, -0.15) is 0 Å². The zero-order chi connectivity index (χ0) is 10.8. The van der Waals surface area contributed by atoms with Crippen molar-refractivity contribution in [2.75, 3.05) is 0 Å². The average Bonchev–Trinajstić information content (AvgIpc) is 3.04. The fraction of sp³-hybridized carbons (Fsp3) is 0.273. The Morgan fingerprint density at radius 3 is 2.73 bits per heavy atom. The molecule has 1 aromatic carbocycles. The van der Waals surface area contributed by atoms with Gasteiger partial charge in [-0.05, 0) is 31.0 Å². The van der Waals surface area contributed by atoms with E-state index in [9.17, 15) is 14.0 Å². The normalized spacial score (nSPS) is 14.7. The Balaban J connectivity index is 2.13. The maximum Gasteiger partial charge on any atom is 0.314 e. The summed E-state index contributed by atoms with van der Waals surface area (Å²) in [6.45, 7) is 0. The summed E-state index contributed by atoms with van der Waals surface area (Å²) >= 11 is 0. The second-order valence-electron chi connectivity index (χ2n) is 3.50. The molecule has 4 heteroatoms. The number of ether oxygens (including phenoxy) is 1. The first kappa shape index (κ1) is 9.83. The van der Waals surface area contributed by atoms with E-state index in [0.29, 0.717) is 6.29 Å². The summed E-state index contributed by atoms with van der Waals surface area (Å²) in [5.41, 5.74) is 0.221. The van der Waals surface area contributed by atoms with Gasteiger partial charge in [-0.3, -0.25) is 9.59 Å². The first-order valence-corrected chi connectivity index (χ1v) is 4.67. The van der Waals surface area contributed by atoms with E-state index in [1.54, 1.807) is 0 Å². The first-order valence-electron chi connectivity index (χ1n) is 4.67. The summed E-state index contributed by atoms with van der Waals surface area (Å²) in [5.74, 6) is -1.27. The van der Waals surface area contributed by atoms with Crippen LogP contribution in [0.2, 0.25) is 0 Å². The van der Waals surface area contributed by atoms with Crippen molar-refractivity contribution in [2.24, 2.45) is 5.92 Å². The van der Waals surface area contributed by atoms with Crippen molar-refractivity contribution >= 4 is 12.3 Å². The Hall–Kier alpha value is -1.71. The Morgan fingerprint density at radius 2 is 2.20 bits per heavy atom. The molecule has 15 heavy (non-hydrogen) atoms. The Kier molecular flexibility index (Phi) is 2.49. The summed E-state index contributed by atoms with van der Waals surface area (Å²) in [6, 6.07) is 3.74. The minimum atomic E-state index is -0.686. The molecule has 0 heterocycles. The van der Waals surface area contributed by atoms with Gasteiger partial charge in [0.15, 0.2) is 11.6 Å². The number of esters is 1. The van der Waals surface area contributed by atoms with Crippen molar-refractivity contribution < 1.29 is 18.7 Å². The van der Waals surface area contributed by atoms with E-state index in [2.05, 4.69) is 0 Å². The molecule has 0 amide bonds. The highest BCUT2D eigenvalue weighted by molar-refractivity contribution is 5.78. The molecule has 0 unspecified atom stereocenters. The third kappa shape index (κ3) is 2.21. The van der Waals surface area contributed by atoms with E-state index in [0.717, 1.165) is 18.9 Å². The van der Waals surface area contributed by atoms with Crippen LogP contribution in [-0.4, -0.2) is 12.3 Å². The summed E-state index contributed by atoms with van der Waals surface area (Å²) in [4.78, 5) is 21.6. The van der Waals surface area contributed by atoms with Crippen LogP contribution in [0.15, 0.2) is 18.2 Å². The Bertz CT molecular complexity index is 410. The molecule has 0 bridgehead atoms. The predicted octanol–water partition coefficient (Wildman–Crippen LogP) is 1.95. The molecule has 0 spiro atoms. The Labute approximate surface area is 85.9 Å². The first-order chi connectivity index (χ1) is 7.20. The fourth-order valence-corrected chi connectivity index (χ4v) is 1.18. The molecule has 0 radical (unpaired) electrons. The zero-order valence-corrected chi connectivity index (χ0v) is 7.90. The van der Waals surface area contributed by atoms with Crippen LogP contribution in [0.3, 0.4) is 0 Å². The minimum absolute atomic E-state index is 0.0739. The van der Waals surface area contributed by atoms with Crippen molar-refractivity contribution in [3.8, 4) is 5.75 Å². The number of carbonyl (C=O) groups excluding carboxylic acids is 2. The number of carbonyl (C=O) groups is 2. The Morgan fingerprint density at radius 1 is 1.47 bits per heavy atom. The van der Waals surface area contributed by atoms with Gasteiger partial charge < -0.3 is 4.74 Å². The molecule has 1 saturated carbocycles.